The Morgan fingerprint density at radius 2 is 2.07 bits per heavy atom. The fraction of sp³-hybridized carbons (Fsp3) is 0.400. The van der Waals surface area contributed by atoms with Crippen LogP contribution in [-0.4, -0.2) is 12.0 Å². The van der Waals surface area contributed by atoms with Crippen molar-refractivity contribution in [1.29, 1.82) is 0 Å². The standard InChI is InChI=1S/C10H15O3P/c1-8(2)9-5-4-6-10(7-9)14(11,12)13-3/h4-8H,1-3H3,(H,11,12). The third kappa shape index (κ3) is 2.44. The summed E-state index contributed by atoms with van der Waals surface area (Å²) in [5.74, 6) is 0.340. The van der Waals surface area contributed by atoms with E-state index in [1.165, 1.54) is 7.11 Å². The average molecular weight is 214 g/mol. The molecule has 0 aliphatic carbocycles. The zero-order valence-corrected chi connectivity index (χ0v) is 9.49. The molecule has 1 rings (SSSR count). The Balaban J connectivity index is 3.12. The third-order valence-corrected chi connectivity index (χ3v) is 3.54. The van der Waals surface area contributed by atoms with Gasteiger partial charge in [0.25, 0.3) is 0 Å². The first kappa shape index (κ1) is 11.4. The molecule has 0 fully saturated rings. The van der Waals surface area contributed by atoms with Crippen molar-refractivity contribution in [2.75, 3.05) is 7.11 Å². The molecule has 0 heterocycles. The Morgan fingerprint density at radius 3 is 2.57 bits per heavy atom. The molecule has 3 nitrogen and oxygen atoms in total. The average Bonchev–Trinajstić information content (AvgIpc) is 2.18. The maximum absolute atomic E-state index is 11.5. The van der Waals surface area contributed by atoms with Gasteiger partial charge < -0.3 is 9.42 Å². The largest absolute Gasteiger partial charge is 0.358 e. The van der Waals surface area contributed by atoms with Crippen LogP contribution in [0.1, 0.15) is 25.3 Å². The molecule has 0 aromatic heterocycles. The van der Waals surface area contributed by atoms with Crippen LogP contribution >= 0.6 is 7.60 Å². The van der Waals surface area contributed by atoms with Crippen LogP contribution in [0.25, 0.3) is 0 Å². The molecule has 0 spiro atoms. The van der Waals surface area contributed by atoms with Crippen molar-refractivity contribution >= 4 is 12.9 Å². The maximum Gasteiger partial charge on any atom is 0.358 e. The first-order chi connectivity index (χ1) is 6.47. The Bertz CT molecular complexity index is 360. The molecule has 0 amide bonds. The van der Waals surface area contributed by atoms with Crippen LogP contribution in [0.15, 0.2) is 24.3 Å². The molecule has 1 atom stereocenters. The van der Waals surface area contributed by atoms with E-state index < -0.39 is 7.60 Å². The van der Waals surface area contributed by atoms with Crippen LogP contribution < -0.4 is 5.30 Å². The molecule has 78 valence electrons. The Labute approximate surface area is 84.3 Å². The highest BCUT2D eigenvalue weighted by molar-refractivity contribution is 7.61. The molecular formula is C10H15O3P. The van der Waals surface area contributed by atoms with Gasteiger partial charge in [0, 0.05) is 7.11 Å². The van der Waals surface area contributed by atoms with Crippen LogP contribution in [0, 0.1) is 0 Å². The summed E-state index contributed by atoms with van der Waals surface area (Å²) < 4.78 is 16.1. The minimum atomic E-state index is -3.59. The highest BCUT2D eigenvalue weighted by Gasteiger charge is 2.20. The zero-order valence-electron chi connectivity index (χ0n) is 8.60. The molecule has 1 unspecified atom stereocenters. The van der Waals surface area contributed by atoms with Gasteiger partial charge in [-0.15, -0.1) is 0 Å². The van der Waals surface area contributed by atoms with E-state index in [2.05, 4.69) is 4.52 Å². The van der Waals surface area contributed by atoms with Crippen LogP contribution in [0.3, 0.4) is 0 Å². The Hall–Kier alpha value is -0.630. The molecule has 1 N–H and O–H groups in total. The lowest BCUT2D eigenvalue weighted by Crippen LogP contribution is -2.06. The third-order valence-electron chi connectivity index (χ3n) is 2.11. The van der Waals surface area contributed by atoms with E-state index >= 15 is 0 Å². The summed E-state index contributed by atoms with van der Waals surface area (Å²) >= 11 is 0. The molecule has 4 heteroatoms. The van der Waals surface area contributed by atoms with Crippen LogP contribution in [0.4, 0.5) is 0 Å². The van der Waals surface area contributed by atoms with Crippen molar-refractivity contribution in [2.45, 2.75) is 19.8 Å². The molecule has 0 aliphatic rings. The number of benzene rings is 1. The van der Waals surface area contributed by atoms with Crippen molar-refractivity contribution in [1.82, 2.24) is 0 Å². The molecule has 1 aromatic rings. The molecule has 0 saturated heterocycles. The number of hydrogen-bond donors (Lipinski definition) is 1. The second-order valence-electron chi connectivity index (χ2n) is 3.45. The molecule has 0 bridgehead atoms. The van der Waals surface area contributed by atoms with Crippen LogP contribution in [-0.2, 0) is 9.09 Å². The molecule has 0 radical (unpaired) electrons. The molecule has 14 heavy (non-hydrogen) atoms. The van der Waals surface area contributed by atoms with Gasteiger partial charge in [0.2, 0.25) is 0 Å². The molecular weight excluding hydrogens is 199 g/mol. The highest BCUT2D eigenvalue weighted by Crippen LogP contribution is 2.39. The lowest BCUT2D eigenvalue weighted by atomic mass is 10.0. The SMILES string of the molecule is COP(=O)(O)c1cccc(C(C)C)c1. The van der Waals surface area contributed by atoms with Crippen molar-refractivity contribution in [3.05, 3.63) is 29.8 Å². The Kier molecular flexibility index (Phi) is 3.48. The number of rotatable bonds is 3. The van der Waals surface area contributed by atoms with Gasteiger partial charge in [0.1, 0.15) is 0 Å². The zero-order chi connectivity index (χ0) is 10.8. The summed E-state index contributed by atoms with van der Waals surface area (Å²) in [6.45, 7) is 4.07. The maximum atomic E-state index is 11.5. The van der Waals surface area contributed by atoms with E-state index in [9.17, 15) is 9.46 Å². The van der Waals surface area contributed by atoms with Gasteiger partial charge in [0.15, 0.2) is 0 Å². The first-order valence-corrected chi connectivity index (χ1v) is 6.04. The molecule has 0 saturated carbocycles. The molecule has 0 aliphatic heterocycles. The van der Waals surface area contributed by atoms with Crippen LogP contribution in [0.2, 0.25) is 0 Å². The summed E-state index contributed by atoms with van der Waals surface area (Å²) in [5.41, 5.74) is 1.04. The second kappa shape index (κ2) is 4.26. The smallest absolute Gasteiger partial charge is 0.321 e. The lowest BCUT2D eigenvalue weighted by molar-refractivity contribution is 0.328. The summed E-state index contributed by atoms with van der Waals surface area (Å²) in [7, 11) is -2.35. The van der Waals surface area contributed by atoms with Gasteiger partial charge >= 0.3 is 7.60 Å². The quantitative estimate of drug-likeness (QED) is 0.785. The fourth-order valence-electron chi connectivity index (χ4n) is 1.17. The van der Waals surface area contributed by atoms with E-state index in [-0.39, 0.29) is 0 Å². The van der Waals surface area contributed by atoms with E-state index in [1.807, 2.05) is 19.9 Å². The minimum absolute atomic E-state index is 0.340. The number of hydrogen-bond acceptors (Lipinski definition) is 2. The van der Waals surface area contributed by atoms with E-state index in [0.29, 0.717) is 11.2 Å². The van der Waals surface area contributed by atoms with E-state index in [1.54, 1.807) is 18.2 Å². The Morgan fingerprint density at radius 1 is 1.43 bits per heavy atom. The predicted octanol–water partition coefficient (Wildman–Crippen LogP) is 2.27. The summed E-state index contributed by atoms with van der Waals surface area (Å²) in [5, 5.41) is 0.353. The van der Waals surface area contributed by atoms with Gasteiger partial charge in [-0.3, -0.25) is 4.57 Å². The van der Waals surface area contributed by atoms with Crippen molar-refractivity contribution in [3.8, 4) is 0 Å². The minimum Gasteiger partial charge on any atom is -0.321 e. The normalized spacial score (nSPS) is 15.5. The van der Waals surface area contributed by atoms with Gasteiger partial charge in [-0.2, -0.15) is 0 Å². The van der Waals surface area contributed by atoms with Crippen LogP contribution in [0.5, 0.6) is 0 Å². The summed E-state index contributed by atoms with van der Waals surface area (Å²) in [4.78, 5) is 9.43. The van der Waals surface area contributed by atoms with E-state index in [4.69, 9.17) is 0 Å². The van der Waals surface area contributed by atoms with Gasteiger partial charge in [-0.25, -0.2) is 0 Å². The van der Waals surface area contributed by atoms with E-state index in [0.717, 1.165) is 5.56 Å². The lowest BCUT2D eigenvalue weighted by Gasteiger charge is -2.11. The van der Waals surface area contributed by atoms with Gasteiger partial charge in [0.05, 0.1) is 5.30 Å². The predicted molar refractivity (Wildman–Crippen MR) is 57.0 cm³/mol. The summed E-state index contributed by atoms with van der Waals surface area (Å²) in [6, 6.07) is 7.03. The fourth-order valence-corrected chi connectivity index (χ4v) is 1.96. The first-order valence-electron chi connectivity index (χ1n) is 4.46. The highest BCUT2D eigenvalue weighted by atomic mass is 31.2. The molecule has 1 aromatic carbocycles. The van der Waals surface area contributed by atoms with Gasteiger partial charge in [-0.05, 0) is 23.6 Å². The van der Waals surface area contributed by atoms with Gasteiger partial charge in [-0.1, -0.05) is 26.0 Å². The van der Waals surface area contributed by atoms with Crippen molar-refractivity contribution in [3.63, 3.8) is 0 Å². The van der Waals surface area contributed by atoms with Crippen molar-refractivity contribution in [2.24, 2.45) is 0 Å². The topological polar surface area (TPSA) is 46.5 Å². The second-order valence-corrected chi connectivity index (χ2v) is 5.38. The van der Waals surface area contributed by atoms with Crippen molar-refractivity contribution < 1.29 is 14.0 Å². The summed E-state index contributed by atoms with van der Waals surface area (Å²) in [6.07, 6.45) is 0. The monoisotopic (exact) mass is 214 g/mol.